The van der Waals surface area contributed by atoms with Crippen molar-refractivity contribution >= 4 is 41.0 Å². The Labute approximate surface area is 295 Å². The molecule has 0 unspecified atom stereocenters. The van der Waals surface area contributed by atoms with Crippen LogP contribution in [0, 0.1) is 11.8 Å². The number of fused-ring (bicyclic) bond motifs is 2. The lowest BCUT2D eigenvalue weighted by Crippen LogP contribution is -2.56. The predicted octanol–water partition coefficient (Wildman–Crippen LogP) is 4.70. The third-order valence-electron chi connectivity index (χ3n) is 10.1. The van der Waals surface area contributed by atoms with Crippen LogP contribution in [-0.4, -0.2) is 70.6 Å². The fourth-order valence-corrected chi connectivity index (χ4v) is 7.99. The molecule has 0 aliphatic carbocycles. The first kappa shape index (κ1) is 33.7. The predicted molar refractivity (Wildman–Crippen MR) is 186 cm³/mol. The first-order chi connectivity index (χ1) is 24.2. The topological polar surface area (TPSA) is 125 Å². The van der Waals surface area contributed by atoms with Gasteiger partial charge < -0.3 is 29.7 Å². The van der Waals surface area contributed by atoms with Gasteiger partial charge in [0.1, 0.15) is 23.7 Å². The summed E-state index contributed by atoms with van der Waals surface area (Å²) < 4.78 is 13.1. The van der Waals surface area contributed by atoms with Crippen LogP contribution in [0.5, 0.6) is 0 Å². The summed E-state index contributed by atoms with van der Waals surface area (Å²) in [5.41, 5.74) is 0.288. The molecule has 0 saturated carbocycles. The van der Waals surface area contributed by atoms with Crippen molar-refractivity contribution in [2.24, 2.45) is 11.8 Å². The molecule has 11 heteroatoms. The number of nitrogens with zero attached hydrogens (tertiary/aromatic N) is 2. The smallest absolute Gasteiger partial charge is 0.313 e. The lowest BCUT2D eigenvalue weighted by Gasteiger charge is -2.38. The maximum atomic E-state index is 15.0. The molecule has 4 aliphatic rings. The Hall–Kier alpha value is -4.77. The first-order valence-electron chi connectivity index (χ1n) is 16.9. The number of allylic oxidation sites excluding steroid dienone is 1. The number of amides is 3. The zero-order valence-corrected chi connectivity index (χ0v) is 28.2. The summed E-state index contributed by atoms with van der Waals surface area (Å²) in [6.07, 6.45) is 5.75. The van der Waals surface area contributed by atoms with Gasteiger partial charge in [-0.2, -0.15) is 0 Å². The zero-order chi connectivity index (χ0) is 35.0. The van der Waals surface area contributed by atoms with Gasteiger partial charge >= 0.3 is 5.97 Å². The Balaban J connectivity index is 1.36. The molecule has 0 aromatic heterocycles. The number of esters is 1. The van der Waals surface area contributed by atoms with Gasteiger partial charge in [0.25, 0.3) is 5.91 Å². The van der Waals surface area contributed by atoms with E-state index in [1.807, 2.05) is 36.4 Å². The quantitative estimate of drug-likeness (QED) is 0.293. The molecule has 0 bridgehead atoms. The van der Waals surface area contributed by atoms with Crippen LogP contribution in [0.4, 0.5) is 5.69 Å². The van der Waals surface area contributed by atoms with Crippen molar-refractivity contribution in [1.82, 2.24) is 10.2 Å². The normalized spacial score (nSPS) is 30.9. The van der Waals surface area contributed by atoms with Gasteiger partial charge in [-0.3, -0.25) is 19.2 Å². The molecule has 258 valence electrons. The lowest BCUT2D eigenvalue weighted by molar-refractivity contribution is -0.161. The van der Waals surface area contributed by atoms with E-state index in [0.717, 1.165) is 0 Å². The number of hydrogen-bond acceptors (Lipinski definition) is 7. The molecule has 3 aromatic rings. The highest BCUT2D eigenvalue weighted by Gasteiger charge is 2.72. The third kappa shape index (κ3) is 5.91. The lowest BCUT2D eigenvalue weighted by atomic mass is 9.77. The number of aliphatic hydroxyl groups excluding tert-OH is 1. The number of aliphatic hydroxyl groups is 1. The van der Waals surface area contributed by atoms with E-state index in [9.17, 15) is 19.5 Å². The van der Waals surface area contributed by atoms with Crippen LogP contribution >= 0.6 is 11.6 Å². The van der Waals surface area contributed by atoms with E-state index in [-0.39, 0.29) is 18.9 Å². The Morgan fingerprint density at radius 2 is 1.64 bits per heavy atom. The number of carbonyl (C=O) groups excluding carboxylic acids is 4. The molecule has 2 fully saturated rings. The van der Waals surface area contributed by atoms with Gasteiger partial charge in [-0.1, -0.05) is 96.6 Å². The van der Waals surface area contributed by atoms with Gasteiger partial charge in [-0.25, -0.2) is 0 Å². The van der Waals surface area contributed by atoms with E-state index in [0.29, 0.717) is 28.3 Å². The fraction of sp³-hybridized carbons (Fsp3) is 0.333. The standard InChI is InChI=1S/C39H38ClN3O7/c1-24-34(26-13-6-3-7-14-26)49-38(48)32-30(15-8-9-16-31(45)41-24)50-39-21-10-22-42(28-19-17-27(40)18-20-28)37(47)35(39)43(36(46)33(32)39)29(23-44)25-11-4-2-5-12-25/h2-8,10-15,17-21,24,29-30,32-35,44H,9,16,22-23H2,1H3,(H,41,45)/b15-8-/t24-,29+,30-,32+,33+,34+,35-,39+/m0/s1. The van der Waals surface area contributed by atoms with Gasteiger partial charge in [0.05, 0.1) is 30.7 Å². The number of rotatable bonds is 5. The van der Waals surface area contributed by atoms with Gasteiger partial charge in [-0.05, 0) is 48.7 Å². The van der Waals surface area contributed by atoms with Crippen LogP contribution in [0.3, 0.4) is 0 Å². The molecule has 1 spiro atoms. The molecule has 3 aromatic carbocycles. The van der Waals surface area contributed by atoms with Crippen LogP contribution < -0.4 is 10.2 Å². The van der Waals surface area contributed by atoms with Crippen molar-refractivity contribution in [3.05, 3.63) is 125 Å². The van der Waals surface area contributed by atoms with Crippen molar-refractivity contribution in [3.63, 3.8) is 0 Å². The minimum absolute atomic E-state index is 0.170. The molecule has 4 aliphatic heterocycles. The number of ether oxygens (including phenoxy) is 2. The second kappa shape index (κ2) is 13.9. The van der Waals surface area contributed by atoms with Crippen molar-refractivity contribution in [2.75, 3.05) is 18.1 Å². The highest BCUT2D eigenvalue weighted by Crippen LogP contribution is 2.55. The maximum Gasteiger partial charge on any atom is 0.313 e. The Morgan fingerprint density at radius 3 is 2.34 bits per heavy atom. The van der Waals surface area contributed by atoms with E-state index in [1.54, 1.807) is 84.7 Å². The minimum atomic E-state index is -1.58. The van der Waals surface area contributed by atoms with Gasteiger partial charge in [0.15, 0.2) is 0 Å². The van der Waals surface area contributed by atoms with Crippen molar-refractivity contribution in [1.29, 1.82) is 0 Å². The monoisotopic (exact) mass is 695 g/mol. The number of cyclic esters (lactones) is 1. The van der Waals surface area contributed by atoms with E-state index in [4.69, 9.17) is 21.1 Å². The van der Waals surface area contributed by atoms with Gasteiger partial charge in [0.2, 0.25) is 11.8 Å². The van der Waals surface area contributed by atoms with E-state index < -0.39 is 72.2 Å². The summed E-state index contributed by atoms with van der Waals surface area (Å²) in [6.45, 7) is 1.47. The van der Waals surface area contributed by atoms with Crippen molar-refractivity contribution in [2.45, 2.75) is 55.7 Å². The van der Waals surface area contributed by atoms with Crippen LogP contribution in [0.25, 0.3) is 0 Å². The molecular weight excluding hydrogens is 658 g/mol. The molecule has 50 heavy (non-hydrogen) atoms. The SMILES string of the molecule is C[C@@H]1NC(=O)CC/C=C\[C@@H]2O[C@@]34C=CCN(c5ccc(Cl)cc5)C(=O)[C@@H]3N([C@H](CO)c3ccccc3)C(=O)[C@H]4[C@@H]2C(=O)O[C@H]1c1ccccc1. The number of benzene rings is 3. The Kier molecular flexibility index (Phi) is 9.34. The second-order valence-corrected chi connectivity index (χ2v) is 13.6. The summed E-state index contributed by atoms with van der Waals surface area (Å²) in [6, 6.07) is 22.2. The molecule has 0 radical (unpaired) electrons. The number of nitrogens with one attached hydrogen (secondary N) is 1. The molecule has 2 N–H and O–H groups in total. The number of hydrogen-bond donors (Lipinski definition) is 2. The van der Waals surface area contributed by atoms with Crippen molar-refractivity contribution < 1.29 is 33.8 Å². The third-order valence-corrected chi connectivity index (χ3v) is 10.4. The van der Waals surface area contributed by atoms with Gasteiger partial charge in [-0.15, -0.1) is 0 Å². The summed E-state index contributed by atoms with van der Waals surface area (Å²) >= 11 is 6.18. The molecular formula is C39H38ClN3O7. The molecule has 7 rings (SSSR count). The number of carbonyl (C=O) groups is 4. The van der Waals surface area contributed by atoms with Crippen LogP contribution in [0.1, 0.15) is 43.0 Å². The highest BCUT2D eigenvalue weighted by molar-refractivity contribution is 6.30. The Morgan fingerprint density at radius 1 is 0.940 bits per heavy atom. The summed E-state index contributed by atoms with van der Waals surface area (Å²) in [5.74, 6) is -4.12. The average molecular weight is 696 g/mol. The minimum Gasteiger partial charge on any atom is -0.455 e. The summed E-state index contributed by atoms with van der Waals surface area (Å²) in [4.78, 5) is 60.3. The number of halogens is 1. The van der Waals surface area contributed by atoms with Crippen molar-refractivity contribution in [3.8, 4) is 0 Å². The average Bonchev–Trinajstić information content (AvgIpc) is 3.51. The Bertz CT molecular complexity index is 1820. The van der Waals surface area contributed by atoms with E-state index >= 15 is 4.79 Å². The summed E-state index contributed by atoms with van der Waals surface area (Å²) in [7, 11) is 0. The fourth-order valence-electron chi connectivity index (χ4n) is 7.86. The van der Waals surface area contributed by atoms with Crippen LogP contribution in [0.15, 0.2) is 109 Å². The molecule has 10 nitrogen and oxygen atoms in total. The molecule has 3 amide bonds. The second-order valence-electron chi connectivity index (χ2n) is 13.1. The van der Waals surface area contributed by atoms with Gasteiger partial charge in [0, 0.05) is 23.7 Å². The molecule has 2 saturated heterocycles. The number of anilines is 1. The first-order valence-corrected chi connectivity index (χ1v) is 17.2. The molecule has 4 heterocycles. The summed E-state index contributed by atoms with van der Waals surface area (Å²) in [5, 5.41) is 14.3. The number of likely N-dealkylation sites (tertiary alicyclic amines) is 1. The maximum absolute atomic E-state index is 15.0. The van der Waals surface area contributed by atoms with Crippen LogP contribution in [-0.2, 0) is 28.7 Å². The van der Waals surface area contributed by atoms with Crippen LogP contribution in [0.2, 0.25) is 5.02 Å². The van der Waals surface area contributed by atoms with E-state index in [1.165, 1.54) is 4.90 Å². The van der Waals surface area contributed by atoms with E-state index in [2.05, 4.69) is 5.32 Å². The zero-order valence-electron chi connectivity index (χ0n) is 27.4. The largest absolute Gasteiger partial charge is 0.455 e. The molecule has 8 atom stereocenters. The highest BCUT2D eigenvalue weighted by atomic mass is 35.5.